The number of para-hydroxylation sites is 1. The summed E-state index contributed by atoms with van der Waals surface area (Å²) < 4.78 is 11.5. The summed E-state index contributed by atoms with van der Waals surface area (Å²) in [6.45, 7) is 12.6. The molecular weight excluding hydrogens is 504 g/mol. The van der Waals surface area contributed by atoms with Crippen LogP contribution in [0.25, 0.3) is 5.76 Å². The molecule has 40 heavy (non-hydrogen) atoms. The van der Waals surface area contributed by atoms with Crippen LogP contribution >= 0.6 is 0 Å². The monoisotopic (exact) mass is 540 g/mol. The molecule has 1 unspecified atom stereocenters. The van der Waals surface area contributed by atoms with Gasteiger partial charge in [0, 0.05) is 18.7 Å². The van der Waals surface area contributed by atoms with E-state index in [0.717, 1.165) is 18.7 Å². The molecule has 0 spiro atoms. The number of hydrogen-bond acceptors (Lipinski definition) is 6. The van der Waals surface area contributed by atoms with Crippen LogP contribution in [0.5, 0.6) is 17.2 Å². The molecule has 1 heterocycles. The topological polar surface area (TPSA) is 79.3 Å². The SMILES string of the molecule is C=CCOc1ccc(/C(O)=C2\C(=O)C(=O)N(CCN(CC)CC)C2c2ccc(Oc3ccccc3)cc2)c(C)c1. The van der Waals surface area contributed by atoms with Crippen molar-refractivity contribution in [2.45, 2.75) is 26.8 Å². The summed E-state index contributed by atoms with van der Waals surface area (Å²) in [5.41, 5.74) is 1.98. The average Bonchev–Trinajstić information content (AvgIpc) is 3.22. The molecule has 3 aromatic rings. The molecular formula is C33H36N2O5. The van der Waals surface area contributed by atoms with Crippen molar-refractivity contribution in [3.63, 3.8) is 0 Å². The highest BCUT2D eigenvalue weighted by molar-refractivity contribution is 6.46. The zero-order valence-electron chi connectivity index (χ0n) is 23.3. The predicted octanol–water partition coefficient (Wildman–Crippen LogP) is 6.12. The zero-order chi connectivity index (χ0) is 28.6. The lowest BCUT2D eigenvalue weighted by atomic mass is 9.94. The Kier molecular flexibility index (Phi) is 9.40. The highest BCUT2D eigenvalue weighted by Crippen LogP contribution is 2.40. The van der Waals surface area contributed by atoms with Crippen molar-refractivity contribution in [2.75, 3.05) is 32.8 Å². The summed E-state index contributed by atoms with van der Waals surface area (Å²) in [6.07, 6.45) is 1.65. The molecule has 1 aliphatic rings. The first kappa shape index (κ1) is 28.6. The van der Waals surface area contributed by atoms with Gasteiger partial charge in [-0.1, -0.05) is 56.8 Å². The highest BCUT2D eigenvalue weighted by Gasteiger charge is 2.46. The molecule has 0 aromatic heterocycles. The van der Waals surface area contributed by atoms with Gasteiger partial charge in [-0.15, -0.1) is 0 Å². The fourth-order valence-corrected chi connectivity index (χ4v) is 4.88. The molecule has 0 aliphatic carbocycles. The molecule has 1 N–H and O–H groups in total. The summed E-state index contributed by atoms with van der Waals surface area (Å²) in [5.74, 6) is 0.438. The van der Waals surface area contributed by atoms with Gasteiger partial charge >= 0.3 is 0 Å². The van der Waals surface area contributed by atoms with Crippen molar-refractivity contribution >= 4 is 17.4 Å². The summed E-state index contributed by atoms with van der Waals surface area (Å²) in [5, 5.41) is 11.5. The third-order valence-electron chi connectivity index (χ3n) is 7.09. The summed E-state index contributed by atoms with van der Waals surface area (Å²) in [6, 6.07) is 21.2. The molecule has 0 bridgehead atoms. The van der Waals surface area contributed by atoms with E-state index in [1.165, 1.54) is 0 Å². The van der Waals surface area contributed by atoms with Crippen LogP contribution in [-0.2, 0) is 9.59 Å². The summed E-state index contributed by atoms with van der Waals surface area (Å²) >= 11 is 0. The lowest BCUT2D eigenvalue weighted by molar-refractivity contribution is -0.140. The Morgan fingerprint density at radius 2 is 1.62 bits per heavy atom. The number of benzene rings is 3. The number of Topliss-reactive ketones (excluding diaryl/α,β-unsaturated/α-hetero) is 1. The Balaban J connectivity index is 1.74. The van der Waals surface area contributed by atoms with Crippen LogP contribution in [0.15, 0.2) is 91.0 Å². The number of hydrogen-bond donors (Lipinski definition) is 1. The molecule has 208 valence electrons. The molecule has 1 atom stereocenters. The van der Waals surface area contributed by atoms with Crippen LogP contribution in [-0.4, -0.2) is 59.4 Å². The van der Waals surface area contributed by atoms with Gasteiger partial charge in [0.05, 0.1) is 11.6 Å². The van der Waals surface area contributed by atoms with Crippen LogP contribution in [0.4, 0.5) is 0 Å². The van der Waals surface area contributed by atoms with Gasteiger partial charge < -0.3 is 24.4 Å². The minimum atomic E-state index is -0.738. The first-order valence-electron chi connectivity index (χ1n) is 13.6. The van der Waals surface area contributed by atoms with Gasteiger partial charge in [-0.05, 0) is 73.6 Å². The van der Waals surface area contributed by atoms with Gasteiger partial charge in [-0.25, -0.2) is 0 Å². The van der Waals surface area contributed by atoms with Gasteiger partial charge in [0.15, 0.2) is 0 Å². The van der Waals surface area contributed by atoms with E-state index in [1.54, 1.807) is 29.2 Å². The zero-order valence-corrected chi connectivity index (χ0v) is 23.3. The maximum Gasteiger partial charge on any atom is 0.295 e. The Labute approximate surface area is 235 Å². The maximum atomic E-state index is 13.4. The first-order valence-corrected chi connectivity index (χ1v) is 13.6. The number of amides is 1. The number of aliphatic hydroxyl groups excluding tert-OH is 1. The number of aliphatic hydroxyl groups is 1. The standard InChI is InChI=1S/C33H36N2O5/c1-5-21-39-27-17-18-28(23(4)22-27)31(36)29-30(35(33(38)32(29)37)20-19-34(6-2)7-3)24-13-15-26(16-14-24)40-25-11-9-8-10-12-25/h5,8-18,22,30,36H,1,6-7,19-21H2,2-4H3/b31-29+. The third-order valence-corrected chi connectivity index (χ3v) is 7.09. The number of ketones is 1. The van der Waals surface area contributed by atoms with E-state index in [-0.39, 0.29) is 11.3 Å². The highest BCUT2D eigenvalue weighted by atomic mass is 16.5. The van der Waals surface area contributed by atoms with Gasteiger partial charge in [0.25, 0.3) is 11.7 Å². The van der Waals surface area contributed by atoms with Crippen LogP contribution in [0.2, 0.25) is 0 Å². The van der Waals surface area contributed by atoms with Crippen molar-refractivity contribution in [1.29, 1.82) is 0 Å². The molecule has 1 saturated heterocycles. The molecule has 3 aromatic carbocycles. The fourth-order valence-electron chi connectivity index (χ4n) is 4.88. The van der Waals surface area contributed by atoms with Crippen LogP contribution in [0.1, 0.15) is 36.6 Å². The van der Waals surface area contributed by atoms with Gasteiger partial charge in [0.2, 0.25) is 0 Å². The first-order chi connectivity index (χ1) is 19.4. The van der Waals surface area contributed by atoms with Crippen molar-refractivity contribution in [2.24, 2.45) is 0 Å². The second kappa shape index (κ2) is 13.1. The molecule has 0 saturated carbocycles. The van der Waals surface area contributed by atoms with E-state index in [0.29, 0.717) is 48.1 Å². The fraction of sp³-hybridized carbons (Fsp3) is 0.273. The van der Waals surface area contributed by atoms with E-state index in [1.807, 2.05) is 61.5 Å². The Hall–Kier alpha value is -4.36. The van der Waals surface area contributed by atoms with E-state index in [9.17, 15) is 14.7 Å². The molecule has 7 heteroatoms. The normalized spacial score (nSPS) is 16.4. The molecule has 0 radical (unpaired) electrons. The van der Waals surface area contributed by atoms with Crippen molar-refractivity contribution in [3.8, 4) is 17.2 Å². The number of aryl methyl sites for hydroxylation is 1. The lowest BCUT2D eigenvalue weighted by Gasteiger charge is -2.28. The molecule has 4 rings (SSSR count). The van der Waals surface area contributed by atoms with Gasteiger partial charge in [-0.3, -0.25) is 9.59 Å². The van der Waals surface area contributed by atoms with Crippen LogP contribution in [0.3, 0.4) is 0 Å². The minimum Gasteiger partial charge on any atom is -0.507 e. The smallest absolute Gasteiger partial charge is 0.295 e. The number of nitrogens with zero attached hydrogens (tertiary/aromatic N) is 2. The number of carbonyl (C=O) groups is 2. The van der Waals surface area contributed by atoms with Gasteiger partial charge in [-0.2, -0.15) is 0 Å². The summed E-state index contributed by atoms with van der Waals surface area (Å²) in [7, 11) is 0. The Bertz CT molecular complexity index is 1380. The molecule has 7 nitrogen and oxygen atoms in total. The van der Waals surface area contributed by atoms with E-state index in [4.69, 9.17) is 9.47 Å². The van der Waals surface area contributed by atoms with Crippen molar-refractivity contribution < 1.29 is 24.2 Å². The number of likely N-dealkylation sites (N-methyl/N-ethyl adjacent to an activating group) is 1. The number of likely N-dealkylation sites (tertiary alicyclic amines) is 1. The summed E-state index contributed by atoms with van der Waals surface area (Å²) in [4.78, 5) is 30.6. The van der Waals surface area contributed by atoms with Gasteiger partial charge in [0.1, 0.15) is 29.6 Å². The minimum absolute atomic E-state index is 0.0733. The maximum absolute atomic E-state index is 13.4. The van der Waals surface area contributed by atoms with Crippen LogP contribution in [0, 0.1) is 6.92 Å². The third kappa shape index (κ3) is 6.26. The number of carbonyl (C=O) groups excluding carboxylic acids is 2. The Morgan fingerprint density at radius 1 is 0.975 bits per heavy atom. The molecule has 1 aliphatic heterocycles. The molecule has 1 amide bonds. The lowest BCUT2D eigenvalue weighted by Crippen LogP contribution is -2.38. The average molecular weight is 541 g/mol. The number of rotatable bonds is 12. The molecule has 1 fully saturated rings. The number of ether oxygens (including phenoxy) is 2. The van der Waals surface area contributed by atoms with E-state index < -0.39 is 17.7 Å². The second-order valence-electron chi connectivity index (χ2n) is 9.58. The second-order valence-corrected chi connectivity index (χ2v) is 9.58. The Morgan fingerprint density at radius 3 is 2.25 bits per heavy atom. The van der Waals surface area contributed by atoms with E-state index in [2.05, 4.69) is 25.3 Å². The van der Waals surface area contributed by atoms with Crippen molar-refractivity contribution in [3.05, 3.63) is 108 Å². The van der Waals surface area contributed by atoms with Crippen LogP contribution < -0.4 is 9.47 Å². The van der Waals surface area contributed by atoms with Crippen molar-refractivity contribution in [1.82, 2.24) is 9.80 Å². The predicted molar refractivity (Wildman–Crippen MR) is 157 cm³/mol. The quantitative estimate of drug-likeness (QED) is 0.129. The van der Waals surface area contributed by atoms with E-state index >= 15 is 0 Å². The largest absolute Gasteiger partial charge is 0.507 e.